The van der Waals surface area contributed by atoms with Gasteiger partial charge in [0.25, 0.3) is 5.91 Å². The molecule has 1 aromatic heterocycles. The number of anilines is 2. The van der Waals surface area contributed by atoms with E-state index in [0.717, 1.165) is 18.9 Å². The maximum Gasteiger partial charge on any atom is 0.303 e. The normalized spacial score (nSPS) is 14.1. The summed E-state index contributed by atoms with van der Waals surface area (Å²) in [7, 11) is 0. The monoisotopic (exact) mass is 397 g/mol. The summed E-state index contributed by atoms with van der Waals surface area (Å²) in [5, 5.41) is 11.5. The number of nitrogens with one attached hydrogen (secondary N) is 1. The van der Waals surface area contributed by atoms with E-state index in [1.807, 2.05) is 12.1 Å². The molecule has 29 heavy (non-hydrogen) atoms. The van der Waals surface area contributed by atoms with E-state index in [1.54, 1.807) is 30.5 Å². The molecule has 0 spiro atoms. The first-order chi connectivity index (χ1) is 14.1. The van der Waals surface area contributed by atoms with E-state index in [-0.39, 0.29) is 12.3 Å². The maximum atomic E-state index is 12.5. The third kappa shape index (κ3) is 6.48. The predicted octanol–water partition coefficient (Wildman–Crippen LogP) is 3.96. The molecule has 0 unspecified atom stereocenters. The Morgan fingerprint density at radius 3 is 2.38 bits per heavy atom. The fourth-order valence-corrected chi connectivity index (χ4v) is 3.26. The molecule has 0 saturated carbocycles. The van der Waals surface area contributed by atoms with Crippen molar-refractivity contribution in [3.63, 3.8) is 0 Å². The molecular weight excluding hydrogens is 370 g/mol. The molecule has 0 bridgehead atoms. The first kappa shape index (κ1) is 20.6. The fraction of sp³-hybridized carbons (Fsp3) is 0.409. The van der Waals surface area contributed by atoms with Crippen LogP contribution in [-0.4, -0.2) is 41.7 Å². The van der Waals surface area contributed by atoms with Crippen LogP contribution < -0.4 is 15.0 Å². The van der Waals surface area contributed by atoms with Crippen molar-refractivity contribution in [1.82, 2.24) is 4.98 Å². The van der Waals surface area contributed by atoms with Crippen molar-refractivity contribution in [3.8, 4) is 5.75 Å². The Bertz CT molecular complexity index is 798. The zero-order valence-corrected chi connectivity index (χ0v) is 16.5. The minimum atomic E-state index is -0.833. The lowest BCUT2D eigenvalue weighted by Gasteiger charge is -2.21. The van der Waals surface area contributed by atoms with E-state index in [1.165, 1.54) is 25.7 Å². The van der Waals surface area contributed by atoms with E-state index in [0.29, 0.717) is 30.0 Å². The molecule has 3 rings (SSSR count). The number of carboxylic acids is 1. The molecule has 7 heteroatoms. The topological polar surface area (TPSA) is 91.8 Å². The molecule has 2 aromatic rings. The van der Waals surface area contributed by atoms with E-state index < -0.39 is 5.97 Å². The highest BCUT2D eigenvalue weighted by molar-refractivity contribution is 6.04. The van der Waals surface area contributed by atoms with Gasteiger partial charge in [-0.2, -0.15) is 0 Å². The van der Waals surface area contributed by atoms with Gasteiger partial charge in [0.15, 0.2) is 0 Å². The second-order valence-corrected chi connectivity index (χ2v) is 7.13. The summed E-state index contributed by atoms with van der Waals surface area (Å²) in [5.41, 5.74) is 1.17. The van der Waals surface area contributed by atoms with Gasteiger partial charge in [-0.3, -0.25) is 9.59 Å². The number of aliphatic carboxylic acids is 1. The number of carboxylic acid groups (broad SMARTS) is 1. The summed E-state index contributed by atoms with van der Waals surface area (Å²) in [4.78, 5) is 29.7. The zero-order chi connectivity index (χ0) is 20.5. The number of benzene rings is 1. The molecule has 0 radical (unpaired) electrons. The molecule has 154 valence electrons. The predicted molar refractivity (Wildman–Crippen MR) is 112 cm³/mol. The quantitative estimate of drug-likeness (QED) is 0.655. The smallest absolute Gasteiger partial charge is 0.303 e. The van der Waals surface area contributed by atoms with Crippen LogP contribution in [0.4, 0.5) is 11.5 Å². The van der Waals surface area contributed by atoms with E-state index in [9.17, 15) is 9.59 Å². The molecule has 1 fully saturated rings. The van der Waals surface area contributed by atoms with Crippen LogP contribution in [0.5, 0.6) is 5.75 Å². The highest BCUT2D eigenvalue weighted by atomic mass is 16.5. The fourth-order valence-electron chi connectivity index (χ4n) is 3.26. The Morgan fingerprint density at radius 2 is 1.76 bits per heavy atom. The highest BCUT2D eigenvalue weighted by Gasteiger charge is 2.12. The molecule has 1 amide bonds. The number of carbonyl (C=O) groups excluding carboxylic acids is 1. The molecular formula is C22H27N3O4. The molecule has 2 heterocycles. The third-order valence-corrected chi connectivity index (χ3v) is 4.86. The Kier molecular flexibility index (Phi) is 7.44. The van der Waals surface area contributed by atoms with Gasteiger partial charge in [0, 0.05) is 31.4 Å². The number of pyridine rings is 1. The average molecular weight is 397 g/mol. The standard InChI is InChI=1S/C22H27N3O4/c26-21(27)6-5-15-29-19-10-8-18(9-11-19)24-22(28)17-7-12-20(23-16-17)25-13-3-1-2-4-14-25/h7-12,16H,1-6,13-15H2,(H,24,28)(H,26,27). The van der Waals surface area contributed by atoms with E-state index >= 15 is 0 Å². The number of nitrogens with zero attached hydrogens (tertiary/aromatic N) is 2. The van der Waals surface area contributed by atoms with Gasteiger partial charge in [-0.15, -0.1) is 0 Å². The number of aromatic nitrogens is 1. The van der Waals surface area contributed by atoms with Gasteiger partial charge >= 0.3 is 5.97 Å². The van der Waals surface area contributed by atoms with Gasteiger partial charge < -0.3 is 20.1 Å². The molecule has 1 saturated heterocycles. The molecule has 1 aromatic carbocycles. The van der Waals surface area contributed by atoms with E-state index in [2.05, 4.69) is 15.2 Å². The number of amides is 1. The van der Waals surface area contributed by atoms with Gasteiger partial charge in [0.05, 0.1) is 12.2 Å². The van der Waals surface area contributed by atoms with Crippen molar-refractivity contribution < 1.29 is 19.4 Å². The lowest BCUT2D eigenvalue weighted by atomic mass is 10.2. The molecule has 0 aliphatic carbocycles. The molecule has 0 atom stereocenters. The molecule has 1 aliphatic rings. The highest BCUT2D eigenvalue weighted by Crippen LogP contribution is 2.19. The van der Waals surface area contributed by atoms with Gasteiger partial charge in [-0.1, -0.05) is 12.8 Å². The Balaban J connectivity index is 1.51. The second kappa shape index (κ2) is 10.5. The van der Waals surface area contributed by atoms with Crippen LogP contribution in [0.25, 0.3) is 0 Å². The summed E-state index contributed by atoms with van der Waals surface area (Å²) in [6, 6.07) is 10.7. The van der Waals surface area contributed by atoms with Crippen LogP contribution >= 0.6 is 0 Å². The SMILES string of the molecule is O=C(O)CCCOc1ccc(NC(=O)c2ccc(N3CCCCCC3)nc2)cc1. The van der Waals surface area contributed by atoms with Crippen LogP contribution in [-0.2, 0) is 4.79 Å². The minimum Gasteiger partial charge on any atom is -0.494 e. The molecule has 7 nitrogen and oxygen atoms in total. The second-order valence-electron chi connectivity index (χ2n) is 7.13. The number of hydrogen-bond donors (Lipinski definition) is 2. The summed E-state index contributed by atoms with van der Waals surface area (Å²) >= 11 is 0. The summed E-state index contributed by atoms with van der Waals surface area (Å²) < 4.78 is 5.49. The molecule has 2 N–H and O–H groups in total. The minimum absolute atomic E-state index is 0.0821. The van der Waals surface area contributed by atoms with Crippen molar-refractivity contribution in [3.05, 3.63) is 48.2 Å². The summed E-state index contributed by atoms with van der Waals surface area (Å²) in [6.45, 7) is 2.37. The van der Waals surface area contributed by atoms with Crippen molar-refractivity contribution >= 4 is 23.4 Å². The van der Waals surface area contributed by atoms with Gasteiger partial charge in [0.1, 0.15) is 11.6 Å². The largest absolute Gasteiger partial charge is 0.494 e. The van der Waals surface area contributed by atoms with E-state index in [4.69, 9.17) is 9.84 Å². The Hall–Kier alpha value is -3.09. The van der Waals surface area contributed by atoms with Crippen molar-refractivity contribution in [1.29, 1.82) is 0 Å². The number of carbonyl (C=O) groups is 2. The van der Waals surface area contributed by atoms with Crippen molar-refractivity contribution in [2.75, 3.05) is 29.9 Å². The van der Waals surface area contributed by atoms with Crippen molar-refractivity contribution in [2.45, 2.75) is 38.5 Å². The van der Waals surface area contributed by atoms with Crippen LogP contribution in [0.15, 0.2) is 42.6 Å². The zero-order valence-electron chi connectivity index (χ0n) is 16.5. The summed E-state index contributed by atoms with van der Waals surface area (Å²) in [5.74, 6) is 0.514. The van der Waals surface area contributed by atoms with Gasteiger partial charge in [-0.05, 0) is 55.7 Å². The number of hydrogen-bond acceptors (Lipinski definition) is 5. The first-order valence-corrected chi connectivity index (χ1v) is 10.1. The van der Waals surface area contributed by atoms with Gasteiger partial charge in [-0.25, -0.2) is 4.98 Å². The third-order valence-electron chi connectivity index (χ3n) is 4.86. The maximum absolute atomic E-state index is 12.5. The van der Waals surface area contributed by atoms with Gasteiger partial charge in [0.2, 0.25) is 0 Å². The van der Waals surface area contributed by atoms with Crippen LogP contribution in [0.1, 0.15) is 48.9 Å². The molecule has 1 aliphatic heterocycles. The van der Waals surface area contributed by atoms with Crippen LogP contribution in [0.3, 0.4) is 0 Å². The van der Waals surface area contributed by atoms with Crippen LogP contribution in [0, 0.1) is 0 Å². The van der Waals surface area contributed by atoms with Crippen LogP contribution in [0.2, 0.25) is 0 Å². The van der Waals surface area contributed by atoms with Crippen molar-refractivity contribution in [2.24, 2.45) is 0 Å². The average Bonchev–Trinajstić information content (AvgIpc) is 3.02. The Morgan fingerprint density at radius 1 is 1.03 bits per heavy atom. The summed E-state index contributed by atoms with van der Waals surface area (Å²) in [6.07, 6.45) is 7.06. The lowest BCUT2D eigenvalue weighted by molar-refractivity contribution is -0.137. The first-order valence-electron chi connectivity index (χ1n) is 10.1. The number of ether oxygens (including phenoxy) is 1. The number of rotatable bonds is 8. The Labute approximate surface area is 170 Å². The lowest BCUT2D eigenvalue weighted by Crippen LogP contribution is -2.25.